The van der Waals surface area contributed by atoms with Crippen LogP contribution in [0.1, 0.15) is 32.1 Å². The van der Waals surface area contributed by atoms with Crippen LogP contribution >= 0.6 is 23.2 Å². The number of ether oxygens (including phenoxy) is 1. The molecular weight excluding hydrogens is 408 g/mol. The third-order valence-electron chi connectivity index (χ3n) is 4.76. The van der Waals surface area contributed by atoms with Gasteiger partial charge in [-0.2, -0.15) is 23.3 Å². The first kappa shape index (κ1) is 20.2. The molecule has 3 rings (SSSR count). The maximum absolute atomic E-state index is 13.7. The highest BCUT2D eigenvalue weighted by atomic mass is 35.5. The summed E-state index contributed by atoms with van der Waals surface area (Å²) in [4.78, 5) is 12.5. The van der Waals surface area contributed by atoms with Crippen molar-refractivity contribution >= 4 is 34.8 Å². The van der Waals surface area contributed by atoms with E-state index in [1.54, 1.807) is 0 Å². The van der Waals surface area contributed by atoms with Gasteiger partial charge in [0.1, 0.15) is 5.75 Å². The summed E-state index contributed by atoms with van der Waals surface area (Å²) in [6.07, 6.45) is -2.67. The van der Waals surface area contributed by atoms with Gasteiger partial charge in [0, 0.05) is 10.7 Å². The van der Waals surface area contributed by atoms with Gasteiger partial charge in [0.15, 0.2) is 6.61 Å². The van der Waals surface area contributed by atoms with E-state index >= 15 is 0 Å². The molecule has 1 aromatic carbocycles. The third-order valence-corrected chi connectivity index (χ3v) is 5.29. The van der Waals surface area contributed by atoms with E-state index in [-0.39, 0.29) is 27.9 Å². The molecule has 1 fully saturated rings. The molecule has 1 N–H and O–H groups in total. The second-order valence-corrected chi connectivity index (χ2v) is 7.38. The minimum Gasteiger partial charge on any atom is -0.482 e. The number of hydrogen-bond acceptors (Lipinski definition) is 4. The summed E-state index contributed by atoms with van der Waals surface area (Å²) < 4.78 is 46.4. The number of rotatable bonds is 3. The Kier molecular flexibility index (Phi) is 5.61. The molecule has 1 aliphatic carbocycles. The molecule has 0 aromatic heterocycles. The van der Waals surface area contributed by atoms with E-state index in [9.17, 15) is 23.1 Å². The number of carbonyl (C=O) groups is 1. The number of hydrogen-bond donors (Lipinski definition) is 1. The highest BCUT2D eigenvalue weighted by Gasteiger charge is 2.68. The van der Waals surface area contributed by atoms with Crippen molar-refractivity contribution in [2.24, 2.45) is 11.0 Å². The Morgan fingerprint density at radius 1 is 1.33 bits per heavy atom. The maximum Gasteiger partial charge on any atom is 0.439 e. The predicted octanol–water partition coefficient (Wildman–Crippen LogP) is 4.40. The van der Waals surface area contributed by atoms with Gasteiger partial charge >= 0.3 is 6.18 Å². The molecule has 2 atom stereocenters. The van der Waals surface area contributed by atoms with E-state index in [0.717, 1.165) is 6.42 Å². The van der Waals surface area contributed by atoms with Crippen molar-refractivity contribution in [1.82, 2.24) is 5.01 Å². The van der Waals surface area contributed by atoms with Crippen LogP contribution in [0, 0.1) is 5.92 Å². The average Bonchev–Trinajstić information content (AvgIpc) is 2.73. The smallest absolute Gasteiger partial charge is 0.439 e. The van der Waals surface area contributed by atoms with Gasteiger partial charge in [0.05, 0.1) is 10.9 Å². The van der Waals surface area contributed by atoms with Crippen LogP contribution in [0.25, 0.3) is 0 Å². The van der Waals surface area contributed by atoms with E-state index < -0.39 is 30.3 Å². The zero-order chi connectivity index (χ0) is 19.8. The Morgan fingerprint density at radius 3 is 2.74 bits per heavy atom. The quantitative estimate of drug-likeness (QED) is 0.781. The van der Waals surface area contributed by atoms with E-state index in [1.165, 1.54) is 18.2 Å². The largest absolute Gasteiger partial charge is 0.482 e. The van der Waals surface area contributed by atoms with Crippen LogP contribution in [0.3, 0.4) is 0 Å². The van der Waals surface area contributed by atoms with Gasteiger partial charge in [0.25, 0.3) is 11.6 Å². The SMILES string of the molecule is O=C(COc1ccc(Cl)cc1Cl)N1N=C2CCCCC[C@@H]2[C@]1(O)C(F)(F)F. The van der Waals surface area contributed by atoms with Crippen LogP contribution in [-0.2, 0) is 4.79 Å². The Morgan fingerprint density at radius 2 is 2.07 bits per heavy atom. The molecule has 148 valence electrons. The van der Waals surface area contributed by atoms with Crippen molar-refractivity contribution in [2.45, 2.75) is 44.0 Å². The first-order chi connectivity index (χ1) is 12.6. The maximum atomic E-state index is 13.7. The van der Waals surface area contributed by atoms with Gasteiger partial charge in [-0.3, -0.25) is 4.79 Å². The first-order valence-corrected chi connectivity index (χ1v) is 9.17. The fourth-order valence-electron chi connectivity index (χ4n) is 3.43. The molecule has 1 amide bonds. The lowest BCUT2D eigenvalue weighted by Gasteiger charge is -2.37. The number of fused-ring (bicyclic) bond motifs is 1. The van der Waals surface area contributed by atoms with Crippen molar-refractivity contribution in [3.63, 3.8) is 0 Å². The third kappa shape index (κ3) is 3.75. The van der Waals surface area contributed by atoms with Crippen LogP contribution in [0.2, 0.25) is 10.0 Å². The number of aliphatic hydroxyl groups is 1. The van der Waals surface area contributed by atoms with Gasteiger partial charge < -0.3 is 9.84 Å². The number of nitrogens with zero attached hydrogens (tertiary/aromatic N) is 2. The summed E-state index contributed by atoms with van der Waals surface area (Å²) in [5.41, 5.74) is -3.16. The number of carbonyl (C=O) groups excluding carboxylic acids is 1. The molecular formula is C17H17Cl2F3N2O3. The van der Waals surface area contributed by atoms with Crippen molar-refractivity contribution in [2.75, 3.05) is 6.61 Å². The molecule has 0 saturated heterocycles. The number of benzene rings is 1. The second-order valence-electron chi connectivity index (χ2n) is 6.54. The van der Waals surface area contributed by atoms with Gasteiger partial charge in [0.2, 0.25) is 0 Å². The van der Waals surface area contributed by atoms with E-state index in [0.29, 0.717) is 24.3 Å². The van der Waals surface area contributed by atoms with Crippen molar-refractivity contribution in [3.05, 3.63) is 28.2 Å². The highest BCUT2D eigenvalue weighted by Crippen LogP contribution is 2.47. The van der Waals surface area contributed by atoms with Crippen LogP contribution < -0.4 is 4.74 Å². The molecule has 1 aliphatic heterocycles. The second kappa shape index (κ2) is 7.48. The monoisotopic (exact) mass is 424 g/mol. The molecule has 0 unspecified atom stereocenters. The van der Waals surface area contributed by atoms with Crippen molar-refractivity contribution in [3.8, 4) is 5.75 Å². The first-order valence-electron chi connectivity index (χ1n) is 8.42. The fourth-order valence-corrected chi connectivity index (χ4v) is 3.90. The zero-order valence-electron chi connectivity index (χ0n) is 14.1. The summed E-state index contributed by atoms with van der Waals surface area (Å²) in [6.45, 7) is -0.761. The number of alkyl halides is 3. The molecule has 1 aromatic rings. The standard InChI is InChI=1S/C17H17Cl2F3N2O3/c18-10-6-7-14(12(19)8-10)27-9-15(25)24-16(26,17(20,21)22)11-4-2-1-3-5-13(11)23-24/h6-8,11,26H,1-5,9H2/t11-,16-/m0/s1. The highest BCUT2D eigenvalue weighted by molar-refractivity contribution is 6.35. The molecule has 1 saturated carbocycles. The molecule has 0 spiro atoms. The van der Waals surface area contributed by atoms with Gasteiger partial charge in [-0.15, -0.1) is 0 Å². The average molecular weight is 425 g/mol. The van der Waals surface area contributed by atoms with Gasteiger partial charge in [-0.1, -0.05) is 36.0 Å². The molecule has 0 radical (unpaired) electrons. The van der Waals surface area contributed by atoms with Crippen LogP contribution in [0.5, 0.6) is 5.75 Å². The number of halogens is 5. The van der Waals surface area contributed by atoms with Crippen LogP contribution in [0.15, 0.2) is 23.3 Å². The van der Waals surface area contributed by atoms with Crippen molar-refractivity contribution < 1.29 is 27.8 Å². The minimum atomic E-state index is -5.05. The number of amides is 1. The molecule has 2 aliphatic rings. The molecule has 27 heavy (non-hydrogen) atoms. The fraction of sp³-hybridized carbons (Fsp3) is 0.529. The molecule has 10 heteroatoms. The Balaban J connectivity index is 1.83. The molecule has 0 bridgehead atoms. The Labute approximate surface area is 163 Å². The summed E-state index contributed by atoms with van der Waals surface area (Å²) in [5.74, 6) is -2.28. The molecule has 1 heterocycles. The summed E-state index contributed by atoms with van der Waals surface area (Å²) in [5, 5.41) is 14.9. The predicted molar refractivity (Wildman–Crippen MR) is 93.8 cm³/mol. The topological polar surface area (TPSA) is 62.1 Å². The zero-order valence-corrected chi connectivity index (χ0v) is 15.6. The summed E-state index contributed by atoms with van der Waals surface area (Å²) in [6, 6.07) is 4.24. The minimum absolute atomic E-state index is 0.0889. The normalized spacial score (nSPS) is 25.6. The van der Waals surface area contributed by atoms with Crippen LogP contribution in [-0.4, -0.2) is 40.2 Å². The van der Waals surface area contributed by atoms with Crippen molar-refractivity contribution in [1.29, 1.82) is 0 Å². The molecule has 5 nitrogen and oxygen atoms in total. The summed E-state index contributed by atoms with van der Waals surface area (Å²) >= 11 is 11.7. The van der Waals surface area contributed by atoms with E-state index in [4.69, 9.17) is 27.9 Å². The lowest BCUT2D eigenvalue weighted by Crippen LogP contribution is -2.61. The van der Waals surface area contributed by atoms with Crippen LogP contribution in [0.4, 0.5) is 13.2 Å². The van der Waals surface area contributed by atoms with E-state index in [2.05, 4.69) is 5.10 Å². The Hall–Kier alpha value is -1.51. The van der Waals surface area contributed by atoms with E-state index in [1.807, 2.05) is 0 Å². The summed E-state index contributed by atoms with van der Waals surface area (Å²) in [7, 11) is 0. The van der Waals surface area contributed by atoms with Gasteiger partial charge in [-0.25, -0.2) is 0 Å². The lowest BCUT2D eigenvalue weighted by molar-refractivity contribution is -0.317. The van der Waals surface area contributed by atoms with Gasteiger partial charge in [-0.05, 0) is 37.5 Å². The lowest BCUT2D eigenvalue weighted by atomic mass is 9.87. The Bertz CT molecular complexity index is 772. The number of hydrazone groups is 1.